The SMILES string of the molecule is Cc1nc2ccc(C(=O)N3CCC(NC(=O)c4cccc(F)c4)CC3)cc2nc1C. The highest BCUT2D eigenvalue weighted by atomic mass is 19.1. The summed E-state index contributed by atoms with van der Waals surface area (Å²) in [6.45, 7) is 4.91. The first-order valence-electron chi connectivity index (χ1n) is 10.0. The molecule has 1 aliphatic heterocycles. The van der Waals surface area contributed by atoms with Crippen LogP contribution in [0.3, 0.4) is 0 Å². The Bertz CT molecular complexity index is 1120. The van der Waals surface area contributed by atoms with E-state index in [-0.39, 0.29) is 17.9 Å². The lowest BCUT2D eigenvalue weighted by molar-refractivity contribution is 0.0698. The van der Waals surface area contributed by atoms with Crippen molar-refractivity contribution in [1.29, 1.82) is 0 Å². The summed E-state index contributed by atoms with van der Waals surface area (Å²) in [5.41, 5.74) is 4.10. The molecule has 6 nitrogen and oxygen atoms in total. The number of carbonyl (C=O) groups excluding carboxylic acids is 2. The quantitative estimate of drug-likeness (QED) is 0.723. The minimum Gasteiger partial charge on any atom is -0.349 e. The Balaban J connectivity index is 1.39. The predicted octanol–water partition coefficient (Wildman–Crippen LogP) is 3.42. The van der Waals surface area contributed by atoms with E-state index >= 15 is 0 Å². The molecular weight excluding hydrogens is 383 g/mol. The fraction of sp³-hybridized carbons (Fsp3) is 0.304. The number of amides is 2. The number of fused-ring (bicyclic) bond motifs is 1. The molecule has 0 bridgehead atoms. The van der Waals surface area contributed by atoms with Crippen LogP contribution in [0.4, 0.5) is 4.39 Å². The molecule has 0 atom stereocenters. The molecule has 1 saturated heterocycles. The van der Waals surface area contributed by atoms with Crippen LogP contribution < -0.4 is 5.32 Å². The smallest absolute Gasteiger partial charge is 0.253 e. The molecule has 30 heavy (non-hydrogen) atoms. The molecule has 2 heterocycles. The van der Waals surface area contributed by atoms with E-state index in [0.717, 1.165) is 16.9 Å². The zero-order chi connectivity index (χ0) is 21.3. The number of carbonyl (C=O) groups is 2. The van der Waals surface area contributed by atoms with Gasteiger partial charge in [0.15, 0.2) is 0 Å². The number of hydrogen-bond acceptors (Lipinski definition) is 4. The van der Waals surface area contributed by atoms with E-state index in [4.69, 9.17) is 0 Å². The molecule has 154 valence electrons. The Morgan fingerprint density at radius 1 is 0.967 bits per heavy atom. The summed E-state index contributed by atoms with van der Waals surface area (Å²) in [6, 6.07) is 11.0. The first-order valence-corrected chi connectivity index (χ1v) is 10.0. The fourth-order valence-electron chi connectivity index (χ4n) is 3.67. The van der Waals surface area contributed by atoms with E-state index in [2.05, 4.69) is 15.3 Å². The Hall–Kier alpha value is -3.35. The highest BCUT2D eigenvalue weighted by Crippen LogP contribution is 2.19. The third-order valence-electron chi connectivity index (χ3n) is 5.53. The van der Waals surface area contributed by atoms with Crippen LogP contribution in [0.2, 0.25) is 0 Å². The minimum atomic E-state index is -0.437. The van der Waals surface area contributed by atoms with Gasteiger partial charge in [0, 0.05) is 30.3 Å². The van der Waals surface area contributed by atoms with Crippen molar-refractivity contribution in [2.75, 3.05) is 13.1 Å². The van der Waals surface area contributed by atoms with Gasteiger partial charge in [-0.1, -0.05) is 6.07 Å². The zero-order valence-corrected chi connectivity index (χ0v) is 17.0. The van der Waals surface area contributed by atoms with Crippen LogP contribution in [0.25, 0.3) is 11.0 Å². The summed E-state index contributed by atoms with van der Waals surface area (Å²) >= 11 is 0. The van der Waals surface area contributed by atoms with Crippen molar-refractivity contribution < 1.29 is 14.0 Å². The molecule has 0 saturated carbocycles. The van der Waals surface area contributed by atoms with Gasteiger partial charge in [-0.3, -0.25) is 9.59 Å². The van der Waals surface area contributed by atoms with E-state index < -0.39 is 5.82 Å². The van der Waals surface area contributed by atoms with Gasteiger partial charge in [-0.05, 0) is 63.1 Å². The van der Waals surface area contributed by atoms with Gasteiger partial charge in [-0.25, -0.2) is 14.4 Å². The van der Waals surface area contributed by atoms with Crippen molar-refractivity contribution in [3.05, 3.63) is 70.8 Å². The number of halogens is 1. The van der Waals surface area contributed by atoms with Crippen LogP contribution in [0.1, 0.15) is 44.9 Å². The Morgan fingerprint density at radius 3 is 2.37 bits per heavy atom. The summed E-state index contributed by atoms with van der Waals surface area (Å²) in [4.78, 5) is 36.1. The van der Waals surface area contributed by atoms with Gasteiger partial charge in [0.05, 0.1) is 22.4 Å². The van der Waals surface area contributed by atoms with Crippen molar-refractivity contribution in [2.45, 2.75) is 32.7 Å². The molecule has 7 heteroatoms. The van der Waals surface area contributed by atoms with Gasteiger partial charge < -0.3 is 10.2 Å². The minimum absolute atomic E-state index is 0.0436. The maximum Gasteiger partial charge on any atom is 0.253 e. The fourth-order valence-corrected chi connectivity index (χ4v) is 3.67. The highest BCUT2D eigenvalue weighted by molar-refractivity contribution is 5.97. The molecule has 1 aliphatic rings. The van der Waals surface area contributed by atoms with E-state index in [1.807, 2.05) is 19.9 Å². The lowest BCUT2D eigenvalue weighted by Gasteiger charge is -2.32. The number of aryl methyl sites for hydroxylation is 2. The van der Waals surface area contributed by atoms with Crippen LogP contribution >= 0.6 is 0 Å². The lowest BCUT2D eigenvalue weighted by Crippen LogP contribution is -2.46. The Labute approximate surface area is 174 Å². The zero-order valence-electron chi connectivity index (χ0n) is 17.0. The second kappa shape index (κ2) is 8.18. The van der Waals surface area contributed by atoms with Crippen molar-refractivity contribution >= 4 is 22.8 Å². The van der Waals surface area contributed by atoms with Crippen molar-refractivity contribution in [3.8, 4) is 0 Å². The van der Waals surface area contributed by atoms with Gasteiger partial charge in [-0.2, -0.15) is 0 Å². The van der Waals surface area contributed by atoms with E-state index in [1.54, 1.807) is 23.1 Å². The molecule has 1 N–H and O–H groups in total. The monoisotopic (exact) mass is 406 g/mol. The maximum absolute atomic E-state index is 13.3. The molecule has 1 fully saturated rings. The maximum atomic E-state index is 13.3. The molecular formula is C23H23FN4O2. The van der Waals surface area contributed by atoms with Crippen LogP contribution in [0.15, 0.2) is 42.5 Å². The molecule has 1 aromatic heterocycles. The number of rotatable bonds is 3. The van der Waals surface area contributed by atoms with Crippen LogP contribution in [0, 0.1) is 19.7 Å². The average molecular weight is 406 g/mol. The number of benzene rings is 2. The number of likely N-dealkylation sites (tertiary alicyclic amines) is 1. The molecule has 0 aliphatic carbocycles. The van der Waals surface area contributed by atoms with Gasteiger partial charge in [0.2, 0.25) is 0 Å². The van der Waals surface area contributed by atoms with Crippen molar-refractivity contribution in [1.82, 2.24) is 20.2 Å². The predicted molar refractivity (Wildman–Crippen MR) is 112 cm³/mol. The summed E-state index contributed by atoms with van der Waals surface area (Å²) in [5, 5.41) is 2.94. The van der Waals surface area contributed by atoms with Crippen LogP contribution in [0.5, 0.6) is 0 Å². The number of hydrogen-bond donors (Lipinski definition) is 1. The summed E-state index contributed by atoms with van der Waals surface area (Å²) in [7, 11) is 0. The topological polar surface area (TPSA) is 75.2 Å². The van der Waals surface area contributed by atoms with E-state index in [1.165, 1.54) is 18.2 Å². The molecule has 0 radical (unpaired) electrons. The first kappa shape index (κ1) is 19.9. The third-order valence-corrected chi connectivity index (χ3v) is 5.53. The Kier molecular flexibility index (Phi) is 5.44. The summed E-state index contributed by atoms with van der Waals surface area (Å²) in [5.74, 6) is -0.779. The van der Waals surface area contributed by atoms with Gasteiger partial charge in [0.25, 0.3) is 11.8 Å². The molecule has 4 rings (SSSR count). The number of nitrogens with one attached hydrogen (secondary N) is 1. The molecule has 0 spiro atoms. The summed E-state index contributed by atoms with van der Waals surface area (Å²) in [6.07, 6.45) is 1.30. The summed E-state index contributed by atoms with van der Waals surface area (Å²) < 4.78 is 13.3. The molecule has 3 aromatic rings. The number of nitrogens with zero attached hydrogens (tertiary/aromatic N) is 3. The molecule has 2 amide bonds. The largest absolute Gasteiger partial charge is 0.349 e. The lowest BCUT2D eigenvalue weighted by atomic mass is 10.0. The van der Waals surface area contributed by atoms with Crippen LogP contribution in [-0.2, 0) is 0 Å². The Morgan fingerprint density at radius 2 is 1.67 bits per heavy atom. The van der Waals surface area contributed by atoms with Gasteiger partial charge in [0.1, 0.15) is 5.82 Å². The highest BCUT2D eigenvalue weighted by Gasteiger charge is 2.25. The van der Waals surface area contributed by atoms with E-state index in [0.29, 0.717) is 42.6 Å². The first-order chi connectivity index (χ1) is 14.4. The molecule has 2 aromatic carbocycles. The number of piperidine rings is 1. The van der Waals surface area contributed by atoms with Crippen LogP contribution in [-0.4, -0.2) is 45.8 Å². The van der Waals surface area contributed by atoms with Gasteiger partial charge >= 0.3 is 0 Å². The standard InChI is InChI=1S/C23H23FN4O2/c1-14-15(2)26-21-13-17(6-7-20(21)25-14)23(30)28-10-8-19(9-11-28)27-22(29)16-4-3-5-18(24)12-16/h3-7,12-13,19H,8-11H2,1-2H3,(H,27,29). The van der Waals surface area contributed by atoms with Crippen molar-refractivity contribution in [3.63, 3.8) is 0 Å². The second-order valence-electron chi connectivity index (χ2n) is 7.65. The van der Waals surface area contributed by atoms with E-state index in [9.17, 15) is 14.0 Å². The van der Waals surface area contributed by atoms with Crippen molar-refractivity contribution in [2.24, 2.45) is 0 Å². The normalized spacial score (nSPS) is 14.7. The number of aromatic nitrogens is 2. The average Bonchev–Trinajstić information content (AvgIpc) is 2.74. The molecule has 0 unspecified atom stereocenters. The third kappa shape index (κ3) is 4.15. The second-order valence-corrected chi connectivity index (χ2v) is 7.65. The van der Waals surface area contributed by atoms with Gasteiger partial charge in [-0.15, -0.1) is 0 Å².